The van der Waals surface area contributed by atoms with Crippen molar-refractivity contribution in [1.29, 1.82) is 0 Å². The lowest BCUT2D eigenvalue weighted by Crippen LogP contribution is -2.11. The molecule has 0 spiro atoms. The maximum absolute atomic E-state index is 5.10. The number of anilines is 1. The van der Waals surface area contributed by atoms with E-state index in [4.69, 9.17) is 9.72 Å². The highest BCUT2D eigenvalue weighted by atomic mass is 127. The third-order valence-corrected chi connectivity index (χ3v) is 4.24. The van der Waals surface area contributed by atoms with E-state index in [1.165, 1.54) is 22.1 Å². The Labute approximate surface area is 128 Å². The highest BCUT2D eigenvalue weighted by Gasteiger charge is 2.29. The molecule has 5 heteroatoms. The van der Waals surface area contributed by atoms with Gasteiger partial charge in [0.2, 0.25) is 0 Å². The van der Waals surface area contributed by atoms with Gasteiger partial charge in [0, 0.05) is 32.6 Å². The fourth-order valence-corrected chi connectivity index (χ4v) is 2.86. The number of hydrogen-bond donors (Lipinski definition) is 1. The molecule has 4 nitrogen and oxygen atoms in total. The Kier molecular flexibility index (Phi) is 5.81. The Morgan fingerprint density at radius 3 is 2.79 bits per heavy atom. The number of methoxy groups -OCH3 is 1. The fourth-order valence-electron chi connectivity index (χ4n) is 1.99. The maximum atomic E-state index is 5.10. The molecule has 0 aromatic carbocycles. The van der Waals surface area contributed by atoms with Crippen LogP contribution in [0.1, 0.15) is 50.0 Å². The molecule has 0 saturated heterocycles. The van der Waals surface area contributed by atoms with Crippen LogP contribution in [0.4, 0.5) is 5.82 Å². The summed E-state index contributed by atoms with van der Waals surface area (Å²) in [5.41, 5.74) is 1.25. The van der Waals surface area contributed by atoms with E-state index < -0.39 is 0 Å². The van der Waals surface area contributed by atoms with Gasteiger partial charge in [0.25, 0.3) is 0 Å². The maximum Gasteiger partial charge on any atom is 0.143 e. The minimum atomic E-state index is 0.665. The molecule has 1 N–H and O–H groups in total. The lowest BCUT2D eigenvalue weighted by Gasteiger charge is -2.12. The van der Waals surface area contributed by atoms with Gasteiger partial charge in [-0.3, -0.25) is 0 Å². The standard InChI is InChI=1S/C14H22IN3O/c1-3-8-16-14-12(15)13(10-6-7-10)17-11(18-14)5-4-9-19-2/h10H,3-9H2,1-2H3,(H,16,17,18). The lowest BCUT2D eigenvalue weighted by atomic mass is 10.2. The van der Waals surface area contributed by atoms with Crippen molar-refractivity contribution >= 4 is 28.4 Å². The molecule has 1 aliphatic carbocycles. The summed E-state index contributed by atoms with van der Waals surface area (Å²) in [4.78, 5) is 9.43. The molecule has 1 fully saturated rings. The molecule has 1 heterocycles. The van der Waals surface area contributed by atoms with E-state index in [0.29, 0.717) is 5.92 Å². The first kappa shape index (κ1) is 15.0. The van der Waals surface area contributed by atoms with Crippen LogP contribution >= 0.6 is 22.6 Å². The summed E-state index contributed by atoms with van der Waals surface area (Å²) in [6.07, 6.45) is 5.53. The molecular weight excluding hydrogens is 353 g/mol. The second-order valence-corrected chi connectivity index (χ2v) is 6.06. The normalized spacial score (nSPS) is 14.7. The van der Waals surface area contributed by atoms with Crippen LogP contribution in [0.3, 0.4) is 0 Å². The highest BCUT2D eigenvalue weighted by molar-refractivity contribution is 14.1. The summed E-state index contributed by atoms with van der Waals surface area (Å²) in [5.74, 6) is 2.64. The number of halogens is 1. The first-order valence-electron chi connectivity index (χ1n) is 7.05. The number of aryl methyl sites for hydroxylation is 1. The van der Waals surface area contributed by atoms with Crippen LogP contribution in [0, 0.1) is 3.57 Å². The Morgan fingerprint density at radius 2 is 2.16 bits per heavy atom. The Morgan fingerprint density at radius 1 is 1.37 bits per heavy atom. The van der Waals surface area contributed by atoms with Gasteiger partial charge in [-0.05, 0) is 48.3 Å². The number of rotatable bonds is 8. The molecule has 106 valence electrons. The van der Waals surface area contributed by atoms with Gasteiger partial charge < -0.3 is 10.1 Å². The molecule has 1 aliphatic rings. The van der Waals surface area contributed by atoms with Crippen LogP contribution in [0.15, 0.2) is 0 Å². The van der Waals surface area contributed by atoms with Crippen LogP contribution < -0.4 is 5.32 Å². The van der Waals surface area contributed by atoms with Crippen molar-refractivity contribution in [2.75, 3.05) is 25.6 Å². The second kappa shape index (κ2) is 7.38. The molecular formula is C14H22IN3O. The van der Waals surface area contributed by atoms with E-state index >= 15 is 0 Å². The van der Waals surface area contributed by atoms with Crippen LogP contribution in [-0.4, -0.2) is 30.2 Å². The predicted molar refractivity (Wildman–Crippen MR) is 85.7 cm³/mol. The second-order valence-electron chi connectivity index (χ2n) is 4.99. The van der Waals surface area contributed by atoms with Gasteiger partial charge in [-0.15, -0.1) is 0 Å². The zero-order valence-corrected chi connectivity index (χ0v) is 13.9. The molecule has 0 atom stereocenters. The van der Waals surface area contributed by atoms with Crippen molar-refractivity contribution in [2.45, 2.75) is 44.9 Å². The van der Waals surface area contributed by atoms with Gasteiger partial charge in [-0.25, -0.2) is 9.97 Å². The number of hydrogen-bond acceptors (Lipinski definition) is 4. The first-order chi connectivity index (χ1) is 9.26. The van der Waals surface area contributed by atoms with Crippen molar-refractivity contribution in [3.8, 4) is 0 Å². The zero-order chi connectivity index (χ0) is 13.7. The monoisotopic (exact) mass is 375 g/mol. The van der Waals surface area contributed by atoms with Crippen molar-refractivity contribution in [3.05, 3.63) is 15.1 Å². The van der Waals surface area contributed by atoms with E-state index in [-0.39, 0.29) is 0 Å². The van der Waals surface area contributed by atoms with E-state index in [0.717, 1.165) is 44.1 Å². The molecule has 1 aromatic heterocycles. The van der Waals surface area contributed by atoms with Crippen LogP contribution in [0.25, 0.3) is 0 Å². The average molecular weight is 375 g/mol. The van der Waals surface area contributed by atoms with Crippen molar-refractivity contribution in [3.63, 3.8) is 0 Å². The molecule has 0 radical (unpaired) electrons. The van der Waals surface area contributed by atoms with Gasteiger partial charge in [0.15, 0.2) is 0 Å². The summed E-state index contributed by atoms with van der Waals surface area (Å²) in [7, 11) is 1.73. The topological polar surface area (TPSA) is 47.0 Å². The molecule has 1 saturated carbocycles. The average Bonchev–Trinajstić information content (AvgIpc) is 3.23. The molecule has 0 bridgehead atoms. The van der Waals surface area contributed by atoms with Crippen molar-refractivity contribution in [1.82, 2.24) is 9.97 Å². The third kappa shape index (κ3) is 4.27. The van der Waals surface area contributed by atoms with Gasteiger partial charge in [0.05, 0.1) is 9.26 Å². The van der Waals surface area contributed by atoms with Crippen molar-refractivity contribution < 1.29 is 4.74 Å². The van der Waals surface area contributed by atoms with E-state index in [1.54, 1.807) is 7.11 Å². The first-order valence-corrected chi connectivity index (χ1v) is 8.13. The SMILES string of the molecule is CCCNc1nc(CCCOC)nc(C2CC2)c1I. The predicted octanol–water partition coefficient (Wildman–Crippen LogP) is 3.36. The van der Waals surface area contributed by atoms with Gasteiger partial charge in [-0.1, -0.05) is 6.92 Å². The minimum absolute atomic E-state index is 0.665. The van der Waals surface area contributed by atoms with E-state index in [9.17, 15) is 0 Å². The Hall–Kier alpha value is -0.430. The molecule has 0 aliphatic heterocycles. The number of nitrogens with one attached hydrogen (secondary N) is 1. The summed E-state index contributed by atoms with van der Waals surface area (Å²) in [6, 6.07) is 0. The molecule has 1 aromatic rings. The van der Waals surface area contributed by atoms with Gasteiger partial charge in [0.1, 0.15) is 11.6 Å². The highest BCUT2D eigenvalue weighted by Crippen LogP contribution is 2.42. The van der Waals surface area contributed by atoms with Crippen molar-refractivity contribution in [2.24, 2.45) is 0 Å². The molecule has 0 amide bonds. The summed E-state index contributed by atoms with van der Waals surface area (Å²) in [5, 5.41) is 3.43. The molecule has 19 heavy (non-hydrogen) atoms. The number of ether oxygens (including phenoxy) is 1. The summed E-state index contributed by atoms with van der Waals surface area (Å²) < 4.78 is 6.31. The van der Waals surface area contributed by atoms with Gasteiger partial charge >= 0.3 is 0 Å². The Bertz CT molecular complexity index is 421. The fraction of sp³-hybridized carbons (Fsp3) is 0.714. The largest absolute Gasteiger partial charge is 0.385 e. The van der Waals surface area contributed by atoms with Gasteiger partial charge in [-0.2, -0.15) is 0 Å². The minimum Gasteiger partial charge on any atom is -0.385 e. The Balaban J connectivity index is 2.15. The number of nitrogens with zero attached hydrogens (tertiary/aromatic N) is 2. The third-order valence-electron chi connectivity index (χ3n) is 3.18. The van der Waals surface area contributed by atoms with Crippen LogP contribution in [0.5, 0.6) is 0 Å². The summed E-state index contributed by atoms with van der Waals surface area (Å²) >= 11 is 2.39. The summed E-state index contributed by atoms with van der Waals surface area (Å²) in [6.45, 7) is 3.91. The van der Waals surface area contributed by atoms with Crippen LogP contribution in [-0.2, 0) is 11.2 Å². The van der Waals surface area contributed by atoms with Crippen LogP contribution in [0.2, 0.25) is 0 Å². The smallest absolute Gasteiger partial charge is 0.143 e. The lowest BCUT2D eigenvalue weighted by molar-refractivity contribution is 0.194. The molecule has 0 unspecified atom stereocenters. The van der Waals surface area contributed by atoms with E-state index in [1.807, 2.05) is 0 Å². The number of aromatic nitrogens is 2. The molecule has 2 rings (SSSR count). The zero-order valence-electron chi connectivity index (χ0n) is 11.7. The quantitative estimate of drug-likeness (QED) is 0.559. The van der Waals surface area contributed by atoms with E-state index in [2.05, 4.69) is 39.8 Å².